The van der Waals surface area contributed by atoms with Crippen molar-refractivity contribution in [2.75, 3.05) is 9.80 Å². The van der Waals surface area contributed by atoms with Crippen LogP contribution in [0.5, 0.6) is 0 Å². The van der Waals surface area contributed by atoms with Crippen LogP contribution in [0.2, 0.25) is 39.3 Å². The van der Waals surface area contributed by atoms with Crippen molar-refractivity contribution >= 4 is 82.8 Å². The third-order valence-electron chi connectivity index (χ3n) is 15.7. The molecule has 2 heterocycles. The van der Waals surface area contributed by atoms with Crippen LogP contribution >= 0.6 is 0 Å². The predicted molar refractivity (Wildman–Crippen MR) is 335 cm³/mol. The van der Waals surface area contributed by atoms with Crippen LogP contribution in [0.3, 0.4) is 0 Å². The lowest BCUT2D eigenvalue weighted by Crippen LogP contribution is -2.37. The molecule has 0 amide bonds. The molecule has 8 nitrogen and oxygen atoms in total. The highest BCUT2D eigenvalue weighted by molar-refractivity contribution is 6.89. The van der Waals surface area contributed by atoms with Gasteiger partial charge >= 0.3 is 0 Å². The standard InChI is InChI=1S/C71H56N6O2Si2/c1-80(2,3)57-37-33-55(34-38-57)76(53-29-15-9-16-30-53)61-43-59-63(67-65(61)74-69(78-67)49-23-19-21-47(41-49)45-72)64-60(71(59,51-25-11-7-12-26-51)52-27-13-8-14-28-52)44-62(66-68(64)79-70(75-66)50-24-20-22-48(42-50)46-73)77(54-31-17-10-18-32-54)56-35-39-58(40-36-56)81(4,5)6/h7-44H,1-6H3. The van der Waals surface area contributed by atoms with Crippen molar-refractivity contribution in [1.82, 2.24) is 9.97 Å². The number of hydrogen-bond acceptors (Lipinski definition) is 8. The zero-order chi connectivity index (χ0) is 55.6. The Morgan fingerprint density at radius 1 is 0.395 bits per heavy atom. The van der Waals surface area contributed by atoms with E-state index in [1.807, 2.05) is 48.5 Å². The van der Waals surface area contributed by atoms with Gasteiger partial charge in [0.15, 0.2) is 11.2 Å². The van der Waals surface area contributed by atoms with Gasteiger partial charge in [-0.25, -0.2) is 9.97 Å². The third kappa shape index (κ3) is 8.64. The number of oxazole rings is 2. The Kier molecular flexibility index (Phi) is 12.4. The lowest BCUT2D eigenvalue weighted by atomic mass is 9.67. The van der Waals surface area contributed by atoms with Gasteiger partial charge in [0, 0.05) is 45.0 Å². The van der Waals surface area contributed by atoms with Gasteiger partial charge in [0.2, 0.25) is 11.8 Å². The van der Waals surface area contributed by atoms with E-state index in [9.17, 15) is 10.5 Å². The van der Waals surface area contributed by atoms with Gasteiger partial charge in [-0.15, -0.1) is 0 Å². The highest BCUT2D eigenvalue weighted by Crippen LogP contribution is 2.63. The van der Waals surface area contributed by atoms with Crippen molar-refractivity contribution in [3.05, 3.63) is 264 Å². The summed E-state index contributed by atoms with van der Waals surface area (Å²) in [6.45, 7) is 14.2. The maximum absolute atomic E-state index is 10.2. The number of hydrogen-bond donors (Lipinski definition) is 0. The molecule has 0 spiro atoms. The van der Waals surface area contributed by atoms with Crippen LogP contribution in [0, 0.1) is 22.7 Å². The molecule has 81 heavy (non-hydrogen) atoms. The van der Waals surface area contributed by atoms with Crippen LogP contribution in [-0.2, 0) is 5.41 Å². The zero-order valence-corrected chi connectivity index (χ0v) is 47.9. The summed E-state index contributed by atoms with van der Waals surface area (Å²) in [5, 5.41) is 23.1. The number of aromatic nitrogens is 2. The van der Waals surface area contributed by atoms with E-state index in [1.165, 1.54) is 10.4 Å². The molecule has 1 aliphatic carbocycles. The van der Waals surface area contributed by atoms with Gasteiger partial charge in [-0.05, 0) is 119 Å². The summed E-state index contributed by atoms with van der Waals surface area (Å²) in [5.41, 5.74) is 14.7. The van der Waals surface area contributed by atoms with Crippen molar-refractivity contribution in [2.24, 2.45) is 0 Å². The van der Waals surface area contributed by atoms with E-state index in [0.29, 0.717) is 56.2 Å². The van der Waals surface area contributed by atoms with E-state index >= 15 is 0 Å². The van der Waals surface area contributed by atoms with Crippen LogP contribution in [-0.4, -0.2) is 26.1 Å². The smallest absolute Gasteiger partial charge is 0.227 e. The van der Waals surface area contributed by atoms with Gasteiger partial charge in [0.25, 0.3) is 0 Å². The fraction of sp³-hybridized carbons (Fsp3) is 0.0986. The molecule has 0 unspecified atom stereocenters. The summed E-state index contributed by atoms with van der Waals surface area (Å²) in [6.07, 6.45) is 0. The second kappa shape index (κ2) is 19.8. The van der Waals surface area contributed by atoms with Gasteiger partial charge in [-0.3, -0.25) is 0 Å². The Morgan fingerprint density at radius 2 is 0.741 bits per heavy atom. The molecule has 0 atom stereocenters. The van der Waals surface area contributed by atoms with E-state index in [2.05, 4.69) is 231 Å². The largest absolute Gasteiger partial charge is 0.435 e. The molecule has 0 saturated heterocycles. The van der Waals surface area contributed by atoms with Gasteiger partial charge in [0.1, 0.15) is 11.0 Å². The van der Waals surface area contributed by atoms with Crippen molar-refractivity contribution in [3.63, 3.8) is 0 Å². The molecule has 2 aromatic heterocycles. The summed E-state index contributed by atoms with van der Waals surface area (Å²) in [7, 11) is -3.39. The molecule has 0 radical (unpaired) electrons. The second-order valence-corrected chi connectivity index (χ2v) is 33.0. The molecule has 0 aliphatic heterocycles. The summed E-state index contributed by atoms with van der Waals surface area (Å²) >= 11 is 0. The van der Waals surface area contributed by atoms with Crippen molar-refractivity contribution in [2.45, 2.75) is 44.7 Å². The van der Waals surface area contributed by atoms with E-state index in [1.54, 1.807) is 12.1 Å². The molecule has 1 aliphatic rings. The van der Waals surface area contributed by atoms with E-state index in [0.717, 1.165) is 67.5 Å². The predicted octanol–water partition coefficient (Wildman–Crippen LogP) is 17.4. The van der Waals surface area contributed by atoms with Crippen LogP contribution in [0.25, 0.3) is 56.2 Å². The second-order valence-electron chi connectivity index (χ2n) is 22.8. The van der Waals surface area contributed by atoms with Gasteiger partial charge in [-0.1, -0.05) is 183 Å². The van der Waals surface area contributed by atoms with Gasteiger partial charge in [0.05, 0.1) is 56.2 Å². The third-order valence-corrected chi connectivity index (χ3v) is 19.9. The van der Waals surface area contributed by atoms with E-state index < -0.39 is 21.6 Å². The fourth-order valence-electron chi connectivity index (χ4n) is 11.8. The minimum absolute atomic E-state index is 0.369. The quantitative estimate of drug-likeness (QED) is 0.111. The maximum Gasteiger partial charge on any atom is 0.227 e. The Balaban J connectivity index is 1.23. The first-order valence-corrected chi connectivity index (χ1v) is 34.3. The topological polar surface area (TPSA) is 106 Å². The van der Waals surface area contributed by atoms with Gasteiger partial charge < -0.3 is 18.6 Å². The normalized spacial score (nSPS) is 12.6. The Bertz CT molecular complexity index is 4150. The van der Waals surface area contributed by atoms with Crippen LogP contribution < -0.4 is 20.2 Å². The summed E-state index contributed by atoms with van der Waals surface area (Å²) in [6, 6.07) is 84.7. The minimum atomic E-state index is -1.69. The molecule has 10 aromatic carbocycles. The number of nitriles is 2. The van der Waals surface area contributed by atoms with Crippen molar-refractivity contribution < 1.29 is 8.83 Å². The molecular weight excluding hydrogens is 1020 g/mol. The Labute approximate surface area is 474 Å². The first-order chi connectivity index (χ1) is 39.3. The lowest BCUT2D eigenvalue weighted by Gasteiger charge is -2.35. The fourth-order valence-corrected chi connectivity index (χ4v) is 14.1. The number of rotatable bonds is 12. The van der Waals surface area contributed by atoms with Crippen LogP contribution in [0.1, 0.15) is 33.4 Å². The molecule has 390 valence electrons. The maximum atomic E-state index is 10.2. The summed E-state index contributed by atoms with van der Waals surface area (Å²) in [4.78, 5) is 15.7. The van der Waals surface area contributed by atoms with Crippen LogP contribution in [0.4, 0.5) is 34.1 Å². The number of anilines is 6. The summed E-state index contributed by atoms with van der Waals surface area (Å²) in [5.74, 6) is 0.738. The monoisotopic (exact) mass is 1080 g/mol. The minimum Gasteiger partial charge on any atom is -0.435 e. The lowest BCUT2D eigenvalue weighted by molar-refractivity contribution is 0.616. The number of benzene rings is 10. The molecular formula is C71H56N6O2Si2. The highest BCUT2D eigenvalue weighted by atomic mass is 28.3. The molecule has 13 rings (SSSR count). The zero-order valence-electron chi connectivity index (χ0n) is 45.9. The Morgan fingerprint density at radius 3 is 1.09 bits per heavy atom. The first kappa shape index (κ1) is 50.6. The van der Waals surface area contributed by atoms with E-state index in [4.69, 9.17) is 18.8 Å². The average molecular weight is 1080 g/mol. The number of fused-ring (bicyclic) bond motifs is 7. The molecule has 0 saturated carbocycles. The molecule has 10 heteroatoms. The molecule has 0 bridgehead atoms. The molecule has 0 N–H and O–H groups in total. The molecule has 12 aromatic rings. The molecule has 0 fully saturated rings. The summed E-state index contributed by atoms with van der Waals surface area (Å²) < 4.78 is 14.8. The van der Waals surface area contributed by atoms with E-state index in [-0.39, 0.29) is 0 Å². The van der Waals surface area contributed by atoms with Gasteiger partial charge in [-0.2, -0.15) is 10.5 Å². The van der Waals surface area contributed by atoms with Crippen LogP contribution in [0.15, 0.2) is 239 Å². The SMILES string of the molecule is C[Si](C)(C)c1ccc(N(c2ccccc2)c2cc3c(c4oc(-c5cccc(C#N)c5)nc24)-c2c(cc(N(c4ccccc4)c4ccc([Si](C)(C)C)cc4)c4nc(-c5cccc(C#N)c5)oc24)C3(c2ccccc2)c2ccccc2)cc1. The average Bonchev–Trinajstić information content (AvgIpc) is 2.02. The van der Waals surface area contributed by atoms with Crippen molar-refractivity contribution in [3.8, 4) is 46.2 Å². The Hall–Kier alpha value is -9.85. The number of para-hydroxylation sites is 2. The van der Waals surface area contributed by atoms with Crippen molar-refractivity contribution in [1.29, 1.82) is 10.5 Å². The highest BCUT2D eigenvalue weighted by Gasteiger charge is 2.51. The number of nitrogens with zero attached hydrogens (tertiary/aromatic N) is 6. The first-order valence-electron chi connectivity index (χ1n) is 27.3.